The Morgan fingerprint density at radius 3 is 2.69 bits per heavy atom. The van der Waals surface area contributed by atoms with Gasteiger partial charge >= 0.3 is 6.03 Å². The molecule has 0 aliphatic heterocycles. The van der Waals surface area contributed by atoms with Crippen LogP contribution in [0.4, 0.5) is 16.3 Å². The lowest BCUT2D eigenvalue weighted by atomic mass is 9.93. The fourth-order valence-corrected chi connectivity index (χ4v) is 2.44. The summed E-state index contributed by atoms with van der Waals surface area (Å²) in [4.78, 5) is 20.1. The molecule has 0 radical (unpaired) electrons. The van der Waals surface area contributed by atoms with E-state index >= 15 is 0 Å². The van der Waals surface area contributed by atoms with Crippen LogP contribution in [0.15, 0.2) is 47.4 Å². The Morgan fingerprint density at radius 1 is 1.19 bits per heavy atom. The van der Waals surface area contributed by atoms with Crippen LogP contribution in [0, 0.1) is 0 Å². The van der Waals surface area contributed by atoms with E-state index in [-0.39, 0.29) is 5.41 Å². The van der Waals surface area contributed by atoms with Crippen LogP contribution in [0.3, 0.4) is 0 Å². The van der Waals surface area contributed by atoms with Crippen molar-refractivity contribution < 1.29 is 9.32 Å². The molecule has 1 aromatic carbocycles. The maximum Gasteiger partial charge on any atom is 0.324 e. The Balaban J connectivity index is 1.71. The third-order valence-electron chi connectivity index (χ3n) is 3.59. The monoisotopic (exact) mass is 371 g/mol. The molecule has 0 saturated carbocycles. The quantitative estimate of drug-likeness (QED) is 0.649. The molecule has 0 unspecified atom stereocenters. The van der Waals surface area contributed by atoms with E-state index in [4.69, 9.17) is 16.1 Å². The van der Waals surface area contributed by atoms with Gasteiger partial charge in [-0.15, -0.1) is 0 Å². The number of halogens is 1. The molecule has 0 saturated heterocycles. The average Bonchev–Trinajstić information content (AvgIpc) is 3.04. The molecule has 0 atom stereocenters. The molecule has 2 heterocycles. The second-order valence-electron chi connectivity index (χ2n) is 6.71. The smallest absolute Gasteiger partial charge is 0.324 e. The molecule has 0 aliphatic carbocycles. The van der Waals surface area contributed by atoms with Gasteiger partial charge in [0.05, 0.1) is 0 Å². The highest BCUT2D eigenvalue weighted by atomic mass is 35.5. The zero-order valence-electron chi connectivity index (χ0n) is 14.6. The predicted molar refractivity (Wildman–Crippen MR) is 100 cm³/mol. The molecule has 0 fully saturated rings. The Kier molecular flexibility index (Phi) is 4.90. The summed E-state index contributed by atoms with van der Waals surface area (Å²) in [7, 11) is 0. The number of aromatic nitrogens is 3. The van der Waals surface area contributed by atoms with Crippen LogP contribution in [0.25, 0.3) is 11.1 Å². The van der Waals surface area contributed by atoms with Crippen molar-refractivity contribution in [1.82, 2.24) is 15.1 Å². The van der Waals surface area contributed by atoms with Gasteiger partial charge in [0.25, 0.3) is 0 Å². The zero-order valence-corrected chi connectivity index (χ0v) is 15.3. The van der Waals surface area contributed by atoms with Gasteiger partial charge in [0, 0.05) is 28.9 Å². The highest BCUT2D eigenvalue weighted by Crippen LogP contribution is 2.27. The van der Waals surface area contributed by atoms with E-state index in [1.54, 1.807) is 24.4 Å². The summed E-state index contributed by atoms with van der Waals surface area (Å²) in [5.74, 6) is 1.04. The van der Waals surface area contributed by atoms with Crippen molar-refractivity contribution in [3.63, 3.8) is 0 Å². The predicted octanol–water partition coefficient (Wildman–Crippen LogP) is 4.73. The minimum atomic E-state index is -0.425. The fraction of sp³-hybridized carbons (Fsp3) is 0.222. The van der Waals surface area contributed by atoms with Gasteiger partial charge in [0.1, 0.15) is 17.2 Å². The first kappa shape index (κ1) is 17.9. The summed E-state index contributed by atoms with van der Waals surface area (Å²) in [5.41, 5.74) is 1.89. The normalized spacial score (nSPS) is 11.2. The van der Waals surface area contributed by atoms with Crippen molar-refractivity contribution in [2.45, 2.75) is 26.2 Å². The first-order valence-electron chi connectivity index (χ1n) is 7.94. The SMILES string of the molecule is CC(C)(C)c1cc(NC(=O)Nc2cccc(-c3cncnc3Cl)c2)no1. The number of hydrogen-bond acceptors (Lipinski definition) is 5. The Morgan fingerprint density at radius 2 is 2.00 bits per heavy atom. The summed E-state index contributed by atoms with van der Waals surface area (Å²) in [5, 5.41) is 9.61. The molecule has 3 aromatic rings. The third-order valence-corrected chi connectivity index (χ3v) is 3.89. The molecule has 26 heavy (non-hydrogen) atoms. The topological polar surface area (TPSA) is 92.9 Å². The number of carbonyl (C=O) groups excluding carboxylic acids is 1. The molecular formula is C18H18ClN5O2. The van der Waals surface area contributed by atoms with Gasteiger partial charge in [0.15, 0.2) is 5.82 Å². The van der Waals surface area contributed by atoms with Crippen molar-refractivity contribution in [3.05, 3.63) is 53.8 Å². The van der Waals surface area contributed by atoms with E-state index in [1.165, 1.54) is 6.33 Å². The molecule has 7 nitrogen and oxygen atoms in total. The molecule has 134 valence electrons. The van der Waals surface area contributed by atoms with E-state index in [2.05, 4.69) is 25.8 Å². The summed E-state index contributed by atoms with van der Waals surface area (Å²) in [6.45, 7) is 6.00. The molecule has 0 aliphatic rings. The molecule has 3 rings (SSSR count). The van der Waals surface area contributed by atoms with Crippen LogP contribution >= 0.6 is 11.6 Å². The Hall–Kier alpha value is -2.93. The number of amides is 2. The van der Waals surface area contributed by atoms with Gasteiger partial charge in [-0.2, -0.15) is 0 Å². The first-order valence-corrected chi connectivity index (χ1v) is 8.32. The minimum Gasteiger partial charge on any atom is -0.359 e. The van der Waals surface area contributed by atoms with Crippen molar-refractivity contribution in [2.75, 3.05) is 10.6 Å². The van der Waals surface area contributed by atoms with Gasteiger partial charge in [-0.05, 0) is 17.7 Å². The van der Waals surface area contributed by atoms with Crippen LogP contribution in [0.2, 0.25) is 5.15 Å². The van der Waals surface area contributed by atoms with Crippen molar-refractivity contribution >= 4 is 29.1 Å². The summed E-state index contributed by atoms with van der Waals surface area (Å²) < 4.78 is 5.25. The molecule has 2 aromatic heterocycles. The largest absolute Gasteiger partial charge is 0.359 e. The second-order valence-corrected chi connectivity index (χ2v) is 7.07. The van der Waals surface area contributed by atoms with Gasteiger partial charge in [-0.25, -0.2) is 14.8 Å². The van der Waals surface area contributed by atoms with E-state index in [0.29, 0.717) is 28.0 Å². The number of hydrogen-bond donors (Lipinski definition) is 2. The standard InChI is InChI=1S/C18H18ClN5O2/c1-18(2,3)14-8-15(24-26-14)23-17(25)22-12-6-4-5-11(7-12)13-9-20-10-21-16(13)19/h4-10H,1-3H3,(H2,22,23,24,25). The molecular weight excluding hydrogens is 354 g/mol. The lowest BCUT2D eigenvalue weighted by molar-refractivity contribution is 0.262. The van der Waals surface area contributed by atoms with Gasteiger partial charge in [-0.3, -0.25) is 5.32 Å². The number of carbonyl (C=O) groups is 1. The van der Waals surface area contributed by atoms with E-state index in [1.807, 2.05) is 32.9 Å². The third kappa shape index (κ3) is 4.18. The van der Waals surface area contributed by atoms with Crippen LogP contribution < -0.4 is 10.6 Å². The van der Waals surface area contributed by atoms with E-state index in [9.17, 15) is 4.79 Å². The van der Waals surface area contributed by atoms with Gasteiger partial charge < -0.3 is 9.84 Å². The number of rotatable bonds is 3. The molecule has 2 amide bonds. The Labute approximate surface area is 155 Å². The van der Waals surface area contributed by atoms with Crippen LogP contribution in [-0.2, 0) is 5.41 Å². The van der Waals surface area contributed by atoms with Crippen LogP contribution in [0.5, 0.6) is 0 Å². The maximum absolute atomic E-state index is 12.2. The molecule has 0 bridgehead atoms. The Bertz CT molecular complexity index is 933. The first-order chi connectivity index (χ1) is 12.3. The van der Waals surface area contributed by atoms with Crippen LogP contribution in [-0.4, -0.2) is 21.2 Å². The lowest BCUT2D eigenvalue weighted by Crippen LogP contribution is -2.19. The molecule has 0 spiro atoms. The molecule has 2 N–H and O–H groups in total. The van der Waals surface area contributed by atoms with E-state index in [0.717, 1.165) is 5.56 Å². The summed E-state index contributed by atoms with van der Waals surface area (Å²) >= 11 is 6.09. The molecule has 8 heteroatoms. The van der Waals surface area contributed by atoms with E-state index < -0.39 is 6.03 Å². The number of nitrogens with one attached hydrogen (secondary N) is 2. The fourth-order valence-electron chi connectivity index (χ4n) is 2.24. The second kappa shape index (κ2) is 7.13. The maximum atomic E-state index is 12.2. The lowest BCUT2D eigenvalue weighted by Gasteiger charge is -2.12. The zero-order chi connectivity index (χ0) is 18.7. The minimum absolute atomic E-state index is 0.186. The number of anilines is 2. The van der Waals surface area contributed by atoms with Crippen molar-refractivity contribution in [3.8, 4) is 11.1 Å². The van der Waals surface area contributed by atoms with Crippen molar-refractivity contribution in [2.24, 2.45) is 0 Å². The van der Waals surface area contributed by atoms with Gasteiger partial charge in [0.2, 0.25) is 0 Å². The highest BCUT2D eigenvalue weighted by molar-refractivity contribution is 6.32. The number of urea groups is 1. The summed E-state index contributed by atoms with van der Waals surface area (Å²) in [6.07, 6.45) is 3.00. The summed E-state index contributed by atoms with van der Waals surface area (Å²) in [6, 6.07) is 8.50. The van der Waals surface area contributed by atoms with Crippen LogP contribution in [0.1, 0.15) is 26.5 Å². The highest BCUT2D eigenvalue weighted by Gasteiger charge is 2.20. The number of nitrogens with zero attached hydrogens (tertiary/aromatic N) is 3. The van der Waals surface area contributed by atoms with Crippen molar-refractivity contribution in [1.29, 1.82) is 0 Å². The van der Waals surface area contributed by atoms with Gasteiger partial charge in [-0.1, -0.05) is 49.7 Å². The number of benzene rings is 1. The average molecular weight is 372 g/mol.